The molecule has 30 heavy (non-hydrogen) atoms. The summed E-state index contributed by atoms with van der Waals surface area (Å²) in [5, 5.41) is 0. The number of carbonyl (C=O) groups excluding carboxylic acids is 2. The molecule has 2 atom stereocenters. The van der Waals surface area contributed by atoms with E-state index in [2.05, 4.69) is 0 Å². The topological polar surface area (TPSA) is 71.1 Å². The molecule has 0 aromatic heterocycles. The molecular formula is C24H26O6. The van der Waals surface area contributed by atoms with E-state index in [9.17, 15) is 9.59 Å². The standard InChI is InChI=1S/C24H26O6/c1-5-30-24(26)23-19(16-8-11-21(28-3)22(14-16)29-4)12-17(13-20(23)25)15-6-9-18(27-2)10-7-15/h6-11,13-14,19,23H,5,12H2,1-4H3/t19-,23+/m1/s1. The van der Waals surface area contributed by atoms with E-state index < -0.39 is 11.9 Å². The number of ether oxygens (including phenoxy) is 4. The summed E-state index contributed by atoms with van der Waals surface area (Å²) in [4.78, 5) is 25.7. The highest BCUT2D eigenvalue weighted by molar-refractivity contribution is 6.10. The fourth-order valence-corrected chi connectivity index (χ4v) is 3.79. The number of allylic oxidation sites excluding steroid dienone is 2. The Bertz CT molecular complexity index is 945. The van der Waals surface area contributed by atoms with Crippen molar-refractivity contribution in [2.75, 3.05) is 27.9 Å². The molecule has 2 aromatic rings. The molecule has 0 radical (unpaired) electrons. The number of ketones is 1. The van der Waals surface area contributed by atoms with Gasteiger partial charge in [-0.25, -0.2) is 0 Å². The summed E-state index contributed by atoms with van der Waals surface area (Å²) in [7, 11) is 4.72. The first-order valence-corrected chi connectivity index (χ1v) is 9.79. The molecule has 158 valence electrons. The van der Waals surface area contributed by atoms with Gasteiger partial charge < -0.3 is 18.9 Å². The average molecular weight is 410 g/mol. The van der Waals surface area contributed by atoms with Crippen molar-refractivity contribution in [1.82, 2.24) is 0 Å². The summed E-state index contributed by atoms with van der Waals surface area (Å²) in [6.45, 7) is 1.95. The summed E-state index contributed by atoms with van der Waals surface area (Å²) in [6.07, 6.45) is 2.07. The van der Waals surface area contributed by atoms with Crippen molar-refractivity contribution in [3.05, 3.63) is 59.7 Å². The predicted molar refractivity (Wildman–Crippen MR) is 113 cm³/mol. The van der Waals surface area contributed by atoms with Crippen LogP contribution < -0.4 is 14.2 Å². The molecule has 0 N–H and O–H groups in total. The number of hydrogen-bond acceptors (Lipinski definition) is 6. The quantitative estimate of drug-likeness (QED) is 0.507. The van der Waals surface area contributed by atoms with Gasteiger partial charge in [-0.05, 0) is 60.4 Å². The molecule has 0 saturated heterocycles. The van der Waals surface area contributed by atoms with Crippen molar-refractivity contribution in [2.24, 2.45) is 5.92 Å². The summed E-state index contributed by atoms with van der Waals surface area (Å²) in [5.74, 6) is -0.170. The molecule has 1 aliphatic carbocycles. The third kappa shape index (κ3) is 4.32. The molecule has 0 spiro atoms. The Kier molecular flexibility index (Phi) is 6.77. The van der Waals surface area contributed by atoms with E-state index in [1.807, 2.05) is 36.4 Å². The number of esters is 1. The van der Waals surface area contributed by atoms with E-state index in [4.69, 9.17) is 18.9 Å². The molecule has 0 heterocycles. The fourth-order valence-electron chi connectivity index (χ4n) is 3.79. The highest BCUT2D eigenvalue weighted by Crippen LogP contribution is 2.42. The van der Waals surface area contributed by atoms with Crippen molar-refractivity contribution in [1.29, 1.82) is 0 Å². The van der Waals surface area contributed by atoms with Gasteiger partial charge in [-0.15, -0.1) is 0 Å². The first kappa shape index (κ1) is 21.4. The number of carbonyl (C=O) groups is 2. The Morgan fingerprint density at radius 3 is 2.27 bits per heavy atom. The molecule has 0 saturated carbocycles. The molecule has 3 rings (SSSR count). The number of rotatable bonds is 7. The molecular weight excluding hydrogens is 384 g/mol. The maximum absolute atomic E-state index is 13.0. The Labute approximate surface area is 176 Å². The van der Waals surface area contributed by atoms with Crippen LogP contribution in [0.4, 0.5) is 0 Å². The molecule has 6 nitrogen and oxygen atoms in total. The van der Waals surface area contributed by atoms with E-state index in [1.54, 1.807) is 40.4 Å². The summed E-state index contributed by atoms with van der Waals surface area (Å²) in [5.41, 5.74) is 2.60. The van der Waals surface area contributed by atoms with Gasteiger partial charge in [-0.3, -0.25) is 9.59 Å². The second-order valence-corrected chi connectivity index (χ2v) is 6.96. The van der Waals surface area contributed by atoms with Crippen LogP contribution in [0.1, 0.15) is 30.4 Å². The summed E-state index contributed by atoms with van der Waals surface area (Å²) < 4.78 is 21.2. The van der Waals surface area contributed by atoms with Crippen LogP contribution in [0.15, 0.2) is 48.5 Å². The van der Waals surface area contributed by atoms with Crippen molar-refractivity contribution >= 4 is 17.3 Å². The molecule has 1 aliphatic rings. The van der Waals surface area contributed by atoms with Gasteiger partial charge in [0.15, 0.2) is 17.3 Å². The van der Waals surface area contributed by atoms with E-state index in [1.165, 1.54) is 0 Å². The Morgan fingerprint density at radius 1 is 0.967 bits per heavy atom. The van der Waals surface area contributed by atoms with Gasteiger partial charge in [0.25, 0.3) is 0 Å². The van der Waals surface area contributed by atoms with Crippen LogP contribution >= 0.6 is 0 Å². The molecule has 0 unspecified atom stereocenters. The number of hydrogen-bond donors (Lipinski definition) is 0. The lowest BCUT2D eigenvalue weighted by Gasteiger charge is -2.30. The minimum atomic E-state index is -0.898. The van der Waals surface area contributed by atoms with Crippen molar-refractivity contribution in [3.63, 3.8) is 0 Å². The Hall–Kier alpha value is -3.28. The van der Waals surface area contributed by atoms with Gasteiger partial charge in [-0.2, -0.15) is 0 Å². The van der Waals surface area contributed by atoms with Crippen molar-refractivity contribution in [3.8, 4) is 17.2 Å². The second kappa shape index (κ2) is 9.48. The number of methoxy groups -OCH3 is 3. The van der Waals surface area contributed by atoms with E-state index in [-0.39, 0.29) is 18.3 Å². The largest absolute Gasteiger partial charge is 0.497 e. The third-order valence-electron chi connectivity index (χ3n) is 5.30. The highest BCUT2D eigenvalue weighted by atomic mass is 16.5. The minimum absolute atomic E-state index is 0.219. The van der Waals surface area contributed by atoms with E-state index >= 15 is 0 Å². The van der Waals surface area contributed by atoms with Crippen LogP contribution in [0.5, 0.6) is 17.2 Å². The highest BCUT2D eigenvalue weighted by Gasteiger charge is 2.40. The zero-order chi connectivity index (χ0) is 21.7. The smallest absolute Gasteiger partial charge is 0.317 e. The molecule has 0 aliphatic heterocycles. The van der Waals surface area contributed by atoms with Crippen molar-refractivity contribution in [2.45, 2.75) is 19.3 Å². The summed E-state index contributed by atoms with van der Waals surface area (Å²) >= 11 is 0. The van der Waals surface area contributed by atoms with Crippen LogP contribution in [0.25, 0.3) is 5.57 Å². The van der Waals surface area contributed by atoms with Crippen LogP contribution in [0.3, 0.4) is 0 Å². The first-order chi connectivity index (χ1) is 14.5. The second-order valence-electron chi connectivity index (χ2n) is 6.96. The molecule has 6 heteroatoms. The molecule has 0 fully saturated rings. The maximum atomic E-state index is 13.0. The Balaban J connectivity index is 2.03. The van der Waals surface area contributed by atoms with Crippen LogP contribution in [-0.4, -0.2) is 39.7 Å². The third-order valence-corrected chi connectivity index (χ3v) is 5.30. The normalized spacial score (nSPS) is 18.4. The van der Waals surface area contributed by atoms with Gasteiger partial charge in [-0.1, -0.05) is 18.2 Å². The fraction of sp³-hybridized carbons (Fsp3) is 0.333. The SMILES string of the molecule is CCOC(=O)[C@@H]1C(=O)C=C(c2ccc(OC)cc2)C[C@@H]1c1ccc(OC)c(OC)c1. The zero-order valence-corrected chi connectivity index (χ0v) is 17.6. The van der Waals surface area contributed by atoms with Gasteiger partial charge in [0.1, 0.15) is 11.7 Å². The lowest BCUT2D eigenvalue weighted by molar-refractivity contribution is -0.151. The predicted octanol–water partition coefficient (Wildman–Crippen LogP) is 4.03. The van der Waals surface area contributed by atoms with Crippen LogP contribution in [0, 0.1) is 5.92 Å². The van der Waals surface area contributed by atoms with Crippen LogP contribution in [-0.2, 0) is 14.3 Å². The average Bonchev–Trinajstić information content (AvgIpc) is 2.78. The summed E-state index contributed by atoms with van der Waals surface area (Å²) in [6, 6.07) is 13.0. The van der Waals surface area contributed by atoms with Gasteiger partial charge in [0.05, 0.1) is 27.9 Å². The lowest BCUT2D eigenvalue weighted by atomic mass is 9.73. The lowest BCUT2D eigenvalue weighted by Crippen LogP contribution is -2.34. The van der Waals surface area contributed by atoms with Gasteiger partial charge in [0.2, 0.25) is 0 Å². The van der Waals surface area contributed by atoms with Crippen LogP contribution in [0.2, 0.25) is 0 Å². The zero-order valence-electron chi connectivity index (χ0n) is 17.6. The van der Waals surface area contributed by atoms with E-state index in [0.717, 1.165) is 22.4 Å². The molecule has 0 amide bonds. The molecule has 0 bridgehead atoms. The maximum Gasteiger partial charge on any atom is 0.317 e. The van der Waals surface area contributed by atoms with Crippen molar-refractivity contribution < 1.29 is 28.5 Å². The minimum Gasteiger partial charge on any atom is -0.497 e. The monoisotopic (exact) mass is 410 g/mol. The van der Waals surface area contributed by atoms with Gasteiger partial charge >= 0.3 is 5.97 Å². The van der Waals surface area contributed by atoms with E-state index in [0.29, 0.717) is 17.9 Å². The first-order valence-electron chi connectivity index (χ1n) is 9.79. The molecule has 2 aromatic carbocycles. The number of benzene rings is 2. The Morgan fingerprint density at radius 2 is 1.67 bits per heavy atom. The van der Waals surface area contributed by atoms with Gasteiger partial charge in [0, 0.05) is 5.92 Å².